The Morgan fingerprint density at radius 1 is 1.25 bits per heavy atom. The molecule has 1 aliphatic rings. The van der Waals surface area contributed by atoms with Crippen LogP contribution in [0, 0.1) is 5.92 Å². The van der Waals surface area contributed by atoms with Crippen LogP contribution in [0.25, 0.3) is 0 Å². The molecule has 6 nitrogen and oxygen atoms in total. The van der Waals surface area contributed by atoms with E-state index in [0.717, 1.165) is 13.0 Å². The number of carbonyl (C=O) groups is 2. The van der Waals surface area contributed by atoms with Gasteiger partial charge in [0, 0.05) is 13.0 Å². The van der Waals surface area contributed by atoms with Crippen molar-refractivity contribution >= 4 is 11.8 Å². The first kappa shape index (κ1) is 22.2. The Bertz CT molecular complexity index is 648. The Kier molecular flexibility index (Phi) is 8.77. The molecule has 0 bridgehead atoms. The summed E-state index contributed by atoms with van der Waals surface area (Å²) in [5.41, 5.74) is 0.436. The first-order valence-electron chi connectivity index (χ1n) is 10.5. The lowest BCUT2D eigenvalue weighted by atomic mass is 10.0. The third-order valence-electron chi connectivity index (χ3n) is 5.64. The zero-order chi connectivity index (χ0) is 20.5. The van der Waals surface area contributed by atoms with Gasteiger partial charge in [-0.1, -0.05) is 26.0 Å². The van der Waals surface area contributed by atoms with E-state index in [1.54, 1.807) is 23.1 Å². The number of benzene rings is 1. The molecule has 28 heavy (non-hydrogen) atoms. The van der Waals surface area contributed by atoms with Gasteiger partial charge in [0.15, 0.2) is 0 Å². The van der Waals surface area contributed by atoms with Crippen molar-refractivity contribution in [3.05, 3.63) is 29.8 Å². The molecular formula is C22H36N3O3+. The molecule has 3 atom stereocenters. The van der Waals surface area contributed by atoms with Crippen LogP contribution >= 0.6 is 0 Å². The normalized spacial score (nSPS) is 20.5. The Balaban J connectivity index is 1.85. The minimum absolute atomic E-state index is 0.00796. The van der Waals surface area contributed by atoms with Crippen LogP contribution in [-0.2, 0) is 4.79 Å². The highest BCUT2D eigenvalue weighted by atomic mass is 16.5. The summed E-state index contributed by atoms with van der Waals surface area (Å²) >= 11 is 0. The van der Waals surface area contributed by atoms with Gasteiger partial charge >= 0.3 is 0 Å². The number of quaternary nitrogens is 1. The van der Waals surface area contributed by atoms with Gasteiger partial charge in [0.25, 0.3) is 5.91 Å². The monoisotopic (exact) mass is 390 g/mol. The van der Waals surface area contributed by atoms with Crippen molar-refractivity contribution in [2.75, 3.05) is 26.7 Å². The first-order valence-corrected chi connectivity index (χ1v) is 10.5. The van der Waals surface area contributed by atoms with Crippen LogP contribution in [0.2, 0.25) is 0 Å². The molecule has 1 aliphatic heterocycles. The molecule has 1 heterocycles. The molecule has 1 fully saturated rings. The van der Waals surface area contributed by atoms with E-state index in [4.69, 9.17) is 4.74 Å². The Morgan fingerprint density at radius 2 is 2.00 bits per heavy atom. The molecule has 1 aromatic carbocycles. The van der Waals surface area contributed by atoms with Crippen LogP contribution in [-0.4, -0.2) is 50.6 Å². The predicted molar refractivity (Wildman–Crippen MR) is 111 cm³/mol. The summed E-state index contributed by atoms with van der Waals surface area (Å²) in [6.45, 7) is 9.15. The van der Waals surface area contributed by atoms with Crippen LogP contribution < -0.4 is 20.3 Å². The van der Waals surface area contributed by atoms with Crippen LogP contribution in [0.1, 0.15) is 56.8 Å². The number of likely N-dealkylation sites (tertiary alicyclic amines) is 1. The van der Waals surface area contributed by atoms with Gasteiger partial charge in [-0.25, -0.2) is 0 Å². The number of amides is 2. The molecule has 2 amide bonds. The molecule has 0 spiro atoms. The fourth-order valence-electron chi connectivity index (χ4n) is 3.85. The van der Waals surface area contributed by atoms with Crippen molar-refractivity contribution in [1.82, 2.24) is 10.6 Å². The van der Waals surface area contributed by atoms with Crippen molar-refractivity contribution in [3.8, 4) is 5.75 Å². The lowest BCUT2D eigenvalue weighted by Crippen LogP contribution is -3.16. The van der Waals surface area contributed by atoms with Crippen molar-refractivity contribution in [2.24, 2.45) is 5.92 Å². The Morgan fingerprint density at radius 3 is 2.68 bits per heavy atom. The first-order chi connectivity index (χ1) is 13.4. The third-order valence-corrected chi connectivity index (χ3v) is 5.64. The third kappa shape index (κ3) is 6.23. The minimum Gasteiger partial charge on any atom is -0.496 e. The average molecular weight is 391 g/mol. The molecule has 1 aromatic rings. The number of rotatable bonds is 9. The van der Waals surface area contributed by atoms with E-state index in [2.05, 4.69) is 17.6 Å². The van der Waals surface area contributed by atoms with Gasteiger partial charge in [0.05, 0.1) is 31.8 Å². The molecule has 1 unspecified atom stereocenters. The van der Waals surface area contributed by atoms with Crippen LogP contribution in [0.15, 0.2) is 24.3 Å². The van der Waals surface area contributed by atoms with E-state index in [1.165, 1.54) is 32.9 Å². The average Bonchev–Trinajstić information content (AvgIpc) is 2.69. The van der Waals surface area contributed by atoms with Gasteiger partial charge in [-0.2, -0.15) is 0 Å². The maximum Gasteiger partial charge on any atom is 0.255 e. The summed E-state index contributed by atoms with van der Waals surface area (Å²) in [5.74, 6) is 0.0748. The highest BCUT2D eigenvalue weighted by Crippen LogP contribution is 2.17. The summed E-state index contributed by atoms with van der Waals surface area (Å²) < 4.78 is 5.25. The quantitative estimate of drug-likeness (QED) is 0.559. The number of carbonyl (C=O) groups excluding carboxylic acids is 2. The van der Waals surface area contributed by atoms with Gasteiger partial charge in [-0.05, 0) is 44.2 Å². The molecule has 6 heteroatoms. The topological polar surface area (TPSA) is 71.9 Å². The smallest absolute Gasteiger partial charge is 0.255 e. The number of methoxy groups -OCH3 is 1. The minimum atomic E-state index is -0.571. The van der Waals surface area contributed by atoms with Gasteiger partial charge in [0.2, 0.25) is 5.91 Å². The lowest BCUT2D eigenvalue weighted by Gasteiger charge is -2.30. The highest BCUT2D eigenvalue weighted by molar-refractivity contribution is 5.99. The molecule has 2 rings (SSSR count). The Hall–Kier alpha value is -2.08. The number of piperidine rings is 1. The van der Waals surface area contributed by atoms with Crippen LogP contribution in [0.5, 0.6) is 5.75 Å². The van der Waals surface area contributed by atoms with E-state index in [-0.39, 0.29) is 17.7 Å². The maximum absolute atomic E-state index is 12.7. The van der Waals surface area contributed by atoms with Crippen LogP contribution in [0.3, 0.4) is 0 Å². The summed E-state index contributed by atoms with van der Waals surface area (Å²) in [6.07, 6.45) is 4.89. The molecule has 0 saturated carbocycles. The zero-order valence-electron chi connectivity index (χ0n) is 17.7. The number of hydrogen-bond acceptors (Lipinski definition) is 3. The molecule has 1 saturated heterocycles. The van der Waals surface area contributed by atoms with Gasteiger partial charge in [-0.3, -0.25) is 9.59 Å². The molecule has 0 aromatic heterocycles. The fourth-order valence-corrected chi connectivity index (χ4v) is 3.85. The molecule has 3 N–H and O–H groups in total. The van der Waals surface area contributed by atoms with E-state index >= 15 is 0 Å². The van der Waals surface area contributed by atoms with Gasteiger partial charge < -0.3 is 20.3 Å². The second kappa shape index (κ2) is 11.1. The van der Waals surface area contributed by atoms with Crippen molar-refractivity contribution in [3.63, 3.8) is 0 Å². The lowest BCUT2D eigenvalue weighted by molar-refractivity contribution is -0.928. The SMILES string of the molecule is COc1ccccc1C(=O)N[C@H](C(=O)NCCC[NH+]1CCCC[C@@H]1C)C(C)C. The molecule has 0 aliphatic carbocycles. The van der Waals surface area contributed by atoms with E-state index in [1.807, 2.05) is 19.9 Å². The molecule has 156 valence electrons. The van der Waals surface area contributed by atoms with E-state index in [0.29, 0.717) is 23.9 Å². The summed E-state index contributed by atoms with van der Waals surface area (Å²) in [6, 6.07) is 7.18. The number of para-hydroxylation sites is 1. The number of hydrogen-bond donors (Lipinski definition) is 3. The van der Waals surface area contributed by atoms with Crippen molar-refractivity contribution in [2.45, 2.75) is 58.5 Å². The fraction of sp³-hybridized carbons (Fsp3) is 0.636. The number of nitrogens with one attached hydrogen (secondary N) is 3. The number of ether oxygens (including phenoxy) is 1. The second-order valence-corrected chi connectivity index (χ2v) is 8.10. The highest BCUT2D eigenvalue weighted by Gasteiger charge is 2.26. The second-order valence-electron chi connectivity index (χ2n) is 8.10. The zero-order valence-corrected chi connectivity index (χ0v) is 17.7. The standard InChI is InChI=1S/C22H35N3O3/c1-16(2)20(24-21(26)18-11-5-6-12-19(18)28-4)22(27)23-13-9-15-25-14-8-7-10-17(25)3/h5-6,11-12,16-17,20H,7-10,13-15H2,1-4H3,(H,23,27)(H,24,26)/p+1/t17-,20-/m0/s1. The maximum atomic E-state index is 12.7. The largest absolute Gasteiger partial charge is 0.496 e. The van der Waals surface area contributed by atoms with Crippen LogP contribution in [0.4, 0.5) is 0 Å². The summed E-state index contributed by atoms with van der Waals surface area (Å²) in [7, 11) is 1.53. The molecular weight excluding hydrogens is 354 g/mol. The van der Waals surface area contributed by atoms with E-state index < -0.39 is 6.04 Å². The van der Waals surface area contributed by atoms with Gasteiger partial charge in [-0.15, -0.1) is 0 Å². The predicted octanol–water partition coefficient (Wildman–Crippen LogP) is 1.41. The van der Waals surface area contributed by atoms with Crippen molar-refractivity contribution < 1.29 is 19.2 Å². The molecule has 0 radical (unpaired) electrons. The Labute approximate surface area is 169 Å². The van der Waals surface area contributed by atoms with Crippen molar-refractivity contribution in [1.29, 1.82) is 0 Å². The van der Waals surface area contributed by atoms with E-state index in [9.17, 15) is 9.59 Å². The summed E-state index contributed by atoms with van der Waals surface area (Å²) in [4.78, 5) is 26.9. The summed E-state index contributed by atoms with van der Waals surface area (Å²) in [5, 5.41) is 5.87. The van der Waals surface area contributed by atoms with Gasteiger partial charge in [0.1, 0.15) is 11.8 Å².